The highest BCUT2D eigenvalue weighted by Crippen LogP contribution is 2.30. The molecular formula is C24H18ClNO4. The average Bonchev–Trinajstić information content (AvgIpc) is 3.20. The van der Waals surface area contributed by atoms with Crippen molar-refractivity contribution in [2.75, 3.05) is 0 Å². The van der Waals surface area contributed by atoms with Crippen molar-refractivity contribution in [1.29, 1.82) is 5.26 Å². The van der Waals surface area contributed by atoms with Crippen molar-refractivity contribution in [2.45, 2.75) is 20.0 Å². The van der Waals surface area contributed by atoms with Crippen molar-refractivity contribution in [3.05, 3.63) is 88.1 Å². The standard InChI is InChI=1S/C24H18ClNO4/c1-15(2)29-24(28)20-10-8-18(25)13-21(20)22-11-9-19(30-22)12-17(14-26)23(27)16-6-4-3-5-7-16/h3-13,15H,1-2H3. The number of carbonyl (C=O) groups is 2. The molecule has 0 N–H and O–H groups in total. The van der Waals surface area contributed by atoms with Gasteiger partial charge >= 0.3 is 5.97 Å². The quantitative estimate of drug-likeness (QED) is 0.213. The van der Waals surface area contributed by atoms with Crippen LogP contribution in [0.25, 0.3) is 17.4 Å². The zero-order valence-corrected chi connectivity index (χ0v) is 17.1. The van der Waals surface area contributed by atoms with Crippen molar-refractivity contribution in [1.82, 2.24) is 0 Å². The normalized spacial score (nSPS) is 11.2. The summed E-state index contributed by atoms with van der Waals surface area (Å²) < 4.78 is 11.1. The van der Waals surface area contributed by atoms with Crippen molar-refractivity contribution >= 4 is 29.4 Å². The Bertz CT molecular complexity index is 1150. The van der Waals surface area contributed by atoms with Crippen LogP contribution in [-0.2, 0) is 4.74 Å². The van der Waals surface area contributed by atoms with Crippen LogP contribution in [0.5, 0.6) is 0 Å². The molecule has 0 saturated carbocycles. The van der Waals surface area contributed by atoms with Crippen LogP contribution in [0, 0.1) is 11.3 Å². The predicted octanol–water partition coefficient (Wildman–Crippen LogP) is 5.96. The van der Waals surface area contributed by atoms with Gasteiger partial charge in [0.25, 0.3) is 0 Å². The minimum absolute atomic E-state index is 0.0624. The van der Waals surface area contributed by atoms with Gasteiger partial charge in [0.2, 0.25) is 5.78 Å². The van der Waals surface area contributed by atoms with E-state index in [2.05, 4.69) is 0 Å². The van der Waals surface area contributed by atoms with Crippen LogP contribution in [0.1, 0.15) is 40.3 Å². The lowest BCUT2D eigenvalue weighted by Crippen LogP contribution is -2.12. The van der Waals surface area contributed by atoms with Crippen LogP contribution in [0.3, 0.4) is 0 Å². The second-order valence-corrected chi connectivity index (χ2v) is 7.15. The second kappa shape index (κ2) is 9.25. The minimum Gasteiger partial charge on any atom is -0.459 e. The Labute approximate surface area is 179 Å². The molecule has 0 bridgehead atoms. The van der Waals surface area contributed by atoms with E-state index >= 15 is 0 Å². The van der Waals surface area contributed by atoms with Gasteiger partial charge in [0.1, 0.15) is 23.2 Å². The maximum Gasteiger partial charge on any atom is 0.339 e. The number of benzene rings is 2. The Balaban J connectivity index is 1.96. The lowest BCUT2D eigenvalue weighted by Gasteiger charge is -2.11. The average molecular weight is 420 g/mol. The molecule has 0 aliphatic rings. The molecule has 0 aliphatic heterocycles. The summed E-state index contributed by atoms with van der Waals surface area (Å²) in [7, 11) is 0. The van der Waals surface area contributed by atoms with E-state index in [1.54, 1.807) is 74.5 Å². The van der Waals surface area contributed by atoms with E-state index in [9.17, 15) is 14.9 Å². The van der Waals surface area contributed by atoms with E-state index in [1.807, 2.05) is 6.07 Å². The smallest absolute Gasteiger partial charge is 0.339 e. The van der Waals surface area contributed by atoms with Crippen molar-refractivity contribution in [3.8, 4) is 17.4 Å². The lowest BCUT2D eigenvalue weighted by molar-refractivity contribution is 0.0378. The molecule has 0 amide bonds. The Hall–Kier alpha value is -3.62. The van der Waals surface area contributed by atoms with Gasteiger partial charge in [-0.2, -0.15) is 5.26 Å². The van der Waals surface area contributed by atoms with E-state index in [-0.39, 0.29) is 11.7 Å². The van der Waals surface area contributed by atoms with Crippen molar-refractivity contribution in [2.24, 2.45) is 0 Å². The zero-order valence-electron chi connectivity index (χ0n) is 16.4. The third-order valence-electron chi connectivity index (χ3n) is 4.12. The van der Waals surface area contributed by atoms with Crippen LogP contribution in [0.4, 0.5) is 0 Å². The first-order valence-electron chi connectivity index (χ1n) is 9.21. The summed E-state index contributed by atoms with van der Waals surface area (Å²) >= 11 is 6.11. The number of rotatable bonds is 6. The monoisotopic (exact) mass is 419 g/mol. The van der Waals surface area contributed by atoms with Crippen LogP contribution in [0.2, 0.25) is 5.02 Å². The number of Topliss-reactive ketones (excluding diaryl/α,β-unsaturated/α-hetero) is 1. The summed E-state index contributed by atoms with van der Waals surface area (Å²) in [6.07, 6.45) is 1.09. The maximum absolute atomic E-state index is 12.5. The summed E-state index contributed by atoms with van der Waals surface area (Å²) in [6, 6.07) is 18.5. The second-order valence-electron chi connectivity index (χ2n) is 6.71. The fraction of sp³-hybridized carbons (Fsp3) is 0.125. The lowest BCUT2D eigenvalue weighted by atomic mass is 10.0. The van der Waals surface area contributed by atoms with Crippen molar-refractivity contribution in [3.63, 3.8) is 0 Å². The zero-order chi connectivity index (χ0) is 21.7. The molecule has 3 rings (SSSR count). The van der Waals surface area contributed by atoms with Gasteiger partial charge in [-0.1, -0.05) is 41.9 Å². The molecule has 1 heterocycles. The molecule has 1 aromatic heterocycles. The van der Waals surface area contributed by atoms with E-state index < -0.39 is 11.8 Å². The van der Waals surface area contributed by atoms with Gasteiger partial charge in [-0.3, -0.25) is 4.79 Å². The Kier molecular flexibility index (Phi) is 6.51. The Morgan fingerprint density at radius 3 is 2.50 bits per heavy atom. The number of nitriles is 1. The number of ether oxygens (including phenoxy) is 1. The molecular weight excluding hydrogens is 402 g/mol. The van der Waals surface area contributed by atoms with E-state index in [0.717, 1.165) is 0 Å². The largest absolute Gasteiger partial charge is 0.459 e. The number of hydrogen-bond donors (Lipinski definition) is 0. The molecule has 0 unspecified atom stereocenters. The van der Waals surface area contributed by atoms with Crippen LogP contribution < -0.4 is 0 Å². The van der Waals surface area contributed by atoms with Gasteiger partial charge in [-0.05, 0) is 44.2 Å². The number of furan rings is 1. The van der Waals surface area contributed by atoms with Gasteiger partial charge < -0.3 is 9.15 Å². The highest BCUT2D eigenvalue weighted by atomic mass is 35.5. The number of ketones is 1. The molecule has 5 nitrogen and oxygen atoms in total. The first-order chi connectivity index (χ1) is 14.4. The van der Waals surface area contributed by atoms with Gasteiger partial charge in [0.15, 0.2) is 0 Å². The molecule has 0 atom stereocenters. The number of hydrogen-bond acceptors (Lipinski definition) is 5. The number of esters is 1. The molecule has 0 aliphatic carbocycles. The fourth-order valence-corrected chi connectivity index (χ4v) is 2.96. The predicted molar refractivity (Wildman–Crippen MR) is 114 cm³/mol. The molecule has 2 aromatic carbocycles. The summed E-state index contributed by atoms with van der Waals surface area (Å²) in [5, 5.41) is 9.85. The third kappa shape index (κ3) is 4.86. The topological polar surface area (TPSA) is 80.3 Å². The summed E-state index contributed by atoms with van der Waals surface area (Å²) in [6.45, 7) is 3.52. The van der Waals surface area contributed by atoms with E-state index in [1.165, 1.54) is 6.08 Å². The van der Waals surface area contributed by atoms with Gasteiger partial charge in [-0.25, -0.2) is 4.79 Å². The first kappa shape index (κ1) is 21.1. The summed E-state index contributed by atoms with van der Waals surface area (Å²) in [4.78, 5) is 25.0. The molecule has 30 heavy (non-hydrogen) atoms. The van der Waals surface area contributed by atoms with E-state index in [4.69, 9.17) is 20.8 Å². The highest BCUT2D eigenvalue weighted by molar-refractivity contribution is 6.31. The SMILES string of the molecule is CC(C)OC(=O)c1ccc(Cl)cc1-c1ccc(C=C(C#N)C(=O)c2ccccc2)o1. The summed E-state index contributed by atoms with van der Waals surface area (Å²) in [5.74, 6) is -0.236. The fourth-order valence-electron chi connectivity index (χ4n) is 2.79. The molecule has 0 radical (unpaired) electrons. The molecule has 0 fully saturated rings. The molecule has 0 spiro atoms. The minimum atomic E-state index is -0.498. The maximum atomic E-state index is 12.5. The Morgan fingerprint density at radius 1 is 1.10 bits per heavy atom. The molecule has 6 heteroatoms. The number of carbonyl (C=O) groups excluding carboxylic acids is 2. The first-order valence-corrected chi connectivity index (χ1v) is 9.59. The molecule has 3 aromatic rings. The highest BCUT2D eigenvalue weighted by Gasteiger charge is 2.19. The summed E-state index contributed by atoms with van der Waals surface area (Å²) in [5.41, 5.74) is 1.11. The number of halogens is 1. The van der Waals surface area contributed by atoms with Gasteiger partial charge in [0, 0.05) is 22.2 Å². The van der Waals surface area contributed by atoms with Crippen LogP contribution in [-0.4, -0.2) is 17.9 Å². The van der Waals surface area contributed by atoms with Crippen molar-refractivity contribution < 1.29 is 18.7 Å². The van der Waals surface area contributed by atoms with Gasteiger partial charge in [0.05, 0.1) is 11.7 Å². The van der Waals surface area contributed by atoms with Crippen LogP contribution >= 0.6 is 11.6 Å². The number of allylic oxidation sites excluding steroid dienone is 1. The van der Waals surface area contributed by atoms with E-state index in [0.29, 0.717) is 33.2 Å². The van der Waals surface area contributed by atoms with Gasteiger partial charge in [-0.15, -0.1) is 0 Å². The molecule has 150 valence electrons. The molecule has 0 saturated heterocycles. The Morgan fingerprint density at radius 2 is 1.83 bits per heavy atom. The third-order valence-corrected chi connectivity index (χ3v) is 4.36. The van der Waals surface area contributed by atoms with Crippen LogP contribution in [0.15, 0.2) is 70.7 Å². The number of nitrogens with zero attached hydrogens (tertiary/aromatic N) is 1.